The summed E-state index contributed by atoms with van der Waals surface area (Å²) < 4.78 is 5.75. The van der Waals surface area contributed by atoms with E-state index in [4.69, 9.17) is 14.9 Å². The third kappa shape index (κ3) is 9.38. The molecular weight excluding hydrogens is 823 g/mol. The van der Waals surface area contributed by atoms with Gasteiger partial charge < -0.3 is 50.9 Å². The van der Waals surface area contributed by atoms with E-state index in [1.165, 1.54) is 0 Å². The number of anilines is 1. The van der Waals surface area contributed by atoms with Crippen LogP contribution in [-0.4, -0.2) is 120 Å². The molecule has 0 saturated heterocycles. The highest BCUT2D eigenvalue weighted by atomic mass is 127. The van der Waals surface area contributed by atoms with Gasteiger partial charge in [0, 0.05) is 23.2 Å². The average Bonchev–Trinajstić information content (AvgIpc) is 2.84. The van der Waals surface area contributed by atoms with E-state index in [0.717, 1.165) is 4.90 Å². The van der Waals surface area contributed by atoms with Gasteiger partial charge in [0.25, 0.3) is 17.7 Å². The maximum Gasteiger partial charge on any atom is 0.253 e. The number of nitrogens with one attached hydrogen (secondary N) is 2. The van der Waals surface area contributed by atoms with Crippen LogP contribution in [0, 0.1) is 10.7 Å². The number of halogens is 3. The molecule has 0 saturated carbocycles. The quantitative estimate of drug-likeness (QED) is 0.0720. The second-order valence-electron chi connectivity index (χ2n) is 7.18. The lowest BCUT2D eigenvalue weighted by Crippen LogP contribution is -2.40. The van der Waals surface area contributed by atoms with Crippen LogP contribution in [0.4, 0.5) is 5.69 Å². The third-order valence-electron chi connectivity index (χ3n) is 4.53. The number of aliphatic hydroxyl groups excluding tert-OH is 6. The predicted octanol–water partition coefficient (Wildman–Crippen LogP) is -2.00. The van der Waals surface area contributed by atoms with Crippen LogP contribution in [0.15, 0.2) is 0 Å². The van der Waals surface area contributed by atoms with E-state index < -0.39 is 49.8 Å². The Balaban J connectivity index is 3.55. The summed E-state index contributed by atoms with van der Waals surface area (Å²) in [4.78, 5) is 39.8. The van der Waals surface area contributed by atoms with Gasteiger partial charge in [-0.05, 0) is 67.8 Å². The van der Waals surface area contributed by atoms with Gasteiger partial charge in [-0.25, -0.2) is 0 Å². The number of carbonyl (C=O) groups is 3. The van der Waals surface area contributed by atoms with Crippen molar-refractivity contribution >= 4 is 91.2 Å². The number of carbonyl (C=O) groups excluding carboxylic acids is 3. The zero-order valence-corrected chi connectivity index (χ0v) is 25.4. The van der Waals surface area contributed by atoms with Gasteiger partial charge in [0.2, 0.25) is 0 Å². The van der Waals surface area contributed by atoms with Gasteiger partial charge in [0.15, 0.2) is 0 Å². The van der Waals surface area contributed by atoms with Gasteiger partial charge in [0.05, 0.1) is 69.2 Å². The minimum atomic E-state index is -1.22. The molecule has 1 aromatic carbocycles. The average molecular weight is 851 g/mol. The Hall–Kier alpha value is -0.460. The van der Waals surface area contributed by atoms with E-state index >= 15 is 0 Å². The van der Waals surface area contributed by atoms with E-state index in [9.17, 15) is 34.8 Å². The zero-order chi connectivity index (χ0) is 27.4. The summed E-state index contributed by atoms with van der Waals surface area (Å²) in [6, 6.07) is 0. The predicted molar refractivity (Wildman–Crippen MR) is 153 cm³/mol. The van der Waals surface area contributed by atoms with Crippen molar-refractivity contribution < 1.29 is 49.8 Å². The van der Waals surface area contributed by atoms with Crippen LogP contribution >= 0.6 is 67.8 Å². The molecule has 2 atom stereocenters. The molecule has 1 rings (SSSR count). The fraction of sp³-hybridized carbons (Fsp3) is 0.550. The molecule has 0 aromatic heterocycles. The van der Waals surface area contributed by atoms with Crippen LogP contribution in [0.25, 0.3) is 0 Å². The molecule has 13 nitrogen and oxygen atoms in total. The first-order chi connectivity index (χ1) is 17.0. The molecule has 0 bridgehead atoms. The minimum absolute atomic E-state index is 0.00223. The molecule has 36 heavy (non-hydrogen) atoms. The molecule has 0 aliphatic carbocycles. The molecule has 0 aliphatic rings. The number of hydrogen-bond donors (Lipinski definition) is 8. The van der Waals surface area contributed by atoms with Crippen molar-refractivity contribution in [2.45, 2.75) is 12.2 Å². The van der Waals surface area contributed by atoms with Crippen LogP contribution in [0.1, 0.15) is 20.7 Å². The number of amides is 3. The van der Waals surface area contributed by atoms with E-state index in [2.05, 4.69) is 10.6 Å². The molecule has 0 spiro atoms. The number of benzene rings is 1. The maximum atomic E-state index is 13.2. The van der Waals surface area contributed by atoms with Crippen molar-refractivity contribution in [3.05, 3.63) is 21.8 Å². The third-order valence-corrected chi connectivity index (χ3v) is 7.71. The van der Waals surface area contributed by atoms with Gasteiger partial charge in [-0.2, -0.15) is 0 Å². The van der Waals surface area contributed by atoms with Crippen molar-refractivity contribution in [2.24, 2.45) is 0 Å². The van der Waals surface area contributed by atoms with Crippen LogP contribution in [0.3, 0.4) is 0 Å². The lowest BCUT2D eigenvalue weighted by Gasteiger charge is -2.27. The van der Waals surface area contributed by atoms with Gasteiger partial charge >= 0.3 is 0 Å². The normalized spacial score (nSPS) is 12.7. The number of ether oxygens (including phenoxy) is 1. The number of hydrogen-bond acceptors (Lipinski definition) is 10. The van der Waals surface area contributed by atoms with Crippen LogP contribution < -0.4 is 15.5 Å². The van der Waals surface area contributed by atoms with Crippen molar-refractivity contribution in [3.8, 4) is 0 Å². The summed E-state index contributed by atoms with van der Waals surface area (Å²) in [5.41, 5.74) is 0.133. The van der Waals surface area contributed by atoms with E-state index in [-0.39, 0.29) is 67.0 Å². The lowest BCUT2D eigenvalue weighted by atomic mass is 10.1. The maximum absolute atomic E-state index is 13.2. The van der Waals surface area contributed by atoms with Crippen LogP contribution in [0.2, 0.25) is 0 Å². The monoisotopic (exact) mass is 851 g/mol. The smallest absolute Gasteiger partial charge is 0.253 e. The van der Waals surface area contributed by atoms with Crippen molar-refractivity contribution in [3.63, 3.8) is 0 Å². The topological polar surface area (TPSA) is 209 Å². The first-order valence-electron chi connectivity index (χ1n) is 10.5. The second kappa shape index (κ2) is 17.2. The fourth-order valence-corrected chi connectivity index (χ4v) is 7.57. The molecule has 16 heteroatoms. The molecule has 2 unspecified atom stereocenters. The van der Waals surface area contributed by atoms with Crippen molar-refractivity contribution in [1.29, 1.82) is 0 Å². The highest BCUT2D eigenvalue weighted by molar-refractivity contribution is 14.1. The molecule has 1 aromatic rings. The highest BCUT2D eigenvalue weighted by Crippen LogP contribution is 2.38. The summed E-state index contributed by atoms with van der Waals surface area (Å²) in [6.07, 6.45) is -2.30. The molecule has 8 N–H and O–H groups in total. The lowest BCUT2D eigenvalue weighted by molar-refractivity contribution is -0.121. The highest BCUT2D eigenvalue weighted by Gasteiger charge is 2.32. The first kappa shape index (κ1) is 33.6. The Morgan fingerprint density at radius 3 is 1.81 bits per heavy atom. The molecule has 3 amide bonds. The number of nitrogens with zero attached hydrogens (tertiary/aromatic N) is 1. The Bertz CT molecular complexity index is 922. The summed E-state index contributed by atoms with van der Waals surface area (Å²) in [5, 5.41) is 61.4. The summed E-state index contributed by atoms with van der Waals surface area (Å²) in [6.45, 7) is -2.99. The van der Waals surface area contributed by atoms with Gasteiger partial charge in [-0.1, -0.05) is 0 Å². The Labute approximate surface area is 248 Å². The Kier molecular flexibility index (Phi) is 16.0. The first-order valence-corrected chi connectivity index (χ1v) is 13.7. The molecule has 0 heterocycles. The van der Waals surface area contributed by atoms with E-state index in [0.29, 0.717) is 0 Å². The van der Waals surface area contributed by atoms with Crippen LogP contribution in [-0.2, 0) is 9.53 Å². The number of rotatable bonds is 15. The zero-order valence-electron chi connectivity index (χ0n) is 18.9. The van der Waals surface area contributed by atoms with Crippen molar-refractivity contribution in [2.75, 3.05) is 64.2 Å². The van der Waals surface area contributed by atoms with Crippen LogP contribution in [0.5, 0.6) is 0 Å². The van der Waals surface area contributed by atoms with Gasteiger partial charge in [-0.3, -0.25) is 14.4 Å². The molecule has 0 fully saturated rings. The van der Waals surface area contributed by atoms with Crippen molar-refractivity contribution in [1.82, 2.24) is 10.6 Å². The fourth-order valence-electron chi connectivity index (χ4n) is 2.84. The minimum Gasteiger partial charge on any atom is -0.395 e. The molecular formula is C20H28I3N3O10. The second-order valence-corrected chi connectivity index (χ2v) is 10.4. The summed E-state index contributed by atoms with van der Waals surface area (Å²) in [5.74, 6) is -2.14. The standard InChI is InChI=1S/C20H28I3N3O10/c21-15-13(19(34)24-5-10(31)7-29)16(22)18(26(1-2-27)12(33)8-30)17(23)14(15)20(35)25-6-11(32)9-36-4-3-28/h10-11,27-32H,1-9H2,(H,24,34)(H,25,35). The Morgan fingerprint density at radius 1 is 0.833 bits per heavy atom. The van der Waals surface area contributed by atoms with E-state index in [1.54, 1.807) is 22.6 Å². The molecule has 0 aliphatic heterocycles. The summed E-state index contributed by atoms with van der Waals surface area (Å²) >= 11 is 5.45. The number of aliphatic hydroxyl groups is 6. The Morgan fingerprint density at radius 2 is 1.36 bits per heavy atom. The molecule has 0 radical (unpaired) electrons. The largest absolute Gasteiger partial charge is 0.395 e. The van der Waals surface area contributed by atoms with Gasteiger partial charge in [-0.15, -0.1) is 0 Å². The summed E-state index contributed by atoms with van der Waals surface area (Å²) in [7, 11) is 0. The molecule has 204 valence electrons. The SMILES string of the molecule is O=C(NCC(O)CO)c1c(I)c(C(=O)NCC(O)COCCO)c(I)c(N(CCO)C(=O)CO)c1I. The van der Waals surface area contributed by atoms with Gasteiger partial charge in [0.1, 0.15) is 6.61 Å². The van der Waals surface area contributed by atoms with E-state index in [1.807, 2.05) is 45.2 Å².